The third-order valence-corrected chi connectivity index (χ3v) is 5.31. The van der Waals surface area contributed by atoms with Crippen LogP contribution in [0.25, 0.3) is 0 Å². The predicted octanol–water partition coefficient (Wildman–Crippen LogP) is 5.12. The quantitative estimate of drug-likeness (QED) is 0.602. The second-order valence-corrected chi connectivity index (χ2v) is 7.48. The zero-order valence-electron chi connectivity index (χ0n) is 16.4. The van der Waals surface area contributed by atoms with Crippen molar-refractivity contribution in [3.63, 3.8) is 0 Å². The van der Waals surface area contributed by atoms with Crippen LogP contribution in [0.15, 0.2) is 42.6 Å². The van der Waals surface area contributed by atoms with Crippen LogP contribution in [0.4, 0.5) is 5.69 Å². The SMILES string of the molecule is CC(CC(=O)Nc1ccc(OCc2ccccn2)c(Cl)c1)C1CCNCC1.Cl.Cl. The Morgan fingerprint density at radius 2 is 2.03 bits per heavy atom. The van der Waals surface area contributed by atoms with Gasteiger partial charge in [0.15, 0.2) is 0 Å². The van der Waals surface area contributed by atoms with E-state index >= 15 is 0 Å². The number of carbonyl (C=O) groups is 1. The molecular weight excluding hydrogens is 433 g/mol. The van der Waals surface area contributed by atoms with Gasteiger partial charge in [0.2, 0.25) is 5.91 Å². The second kappa shape index (κ2) is 12.9. The van der Waals surface area contributed by atoms with Gasteiger partial charge in [0.05, 0.1) is 10.7 Å². The number of carbonyl (C=O) groups excluding carboxylic acids is 1. The summed E-state index contributed by atoms with van der Waals surface area (Å²) in [5, 5.41) is 6.78. The Bertz CT molecular complexity index is 756. The van der Waals surface area contributed by atoms with Crippen LogP contribution in [0.1, 0.15) is 31.9 Å². The van der Waals surface area contributed by atoms with E-state index in [4.69, 9.17) is 16.3 Å². The van der Waals surface area contributed by atoms with Gasteiger partial charge in [-0.15, -0.1) is 24.8 Å². The minimum Gasteiger partial charge on any atom is -0.486 e. The first kappa shape index (κ1) is 25.5. The summed E-state index contributed by atoms with van der Waals surface area (Å²) in [5.41, 5.74) is 1.52. The molecule has 1 atom stereocenters. The zero-order chi connectivity index (χ0) is 19.1. The monoisotopic (exact) mass is 459 g/mol. The fourth-order valence-corrected chi connectivity index (χ4v) is 3.65. The Morgan fingerprint density at radius 1 is 1.28 bits per heavy atom. The Balaban J connectivity index is 0.00000210. The summed E-state index contributed by atoms with van der Waals surface area (Å²) in [4.78, 5) is 16.6. The van der Waals surface area contributed by atoms with E-state index in [1.807, 2.05) is 24.3 Å². The highest BCUT2D eigenvalue weighted by Crippen LogP contribution is 2.29. The van der Waals surface area contributed by atoms with Crippen LogP contribution in [-0.4, -0.2) is 24.0 Å². The Hall–Kier alpha value is -1.53. The predicted molar refractivity (Wildman–Crippen MR) is 123 cm³/mol. The fourth-order valence-electron chi connectivity index (χ4n) is 3.42. The third kappa shape index (κ3) is 8.01. The maximum atomic E-state index is 12.4. The lowest BCUT2D eigenvalue weighted by Gasteiger charge is -2.27. The van der Waals surface area contributed by atoms with Gasteiger partial charge in [-0.3, -0.25) is 9.78 Å². The van der Waals surface area contributed by atoms with Crippen molar-refractivity contribution >= 4 is 48.0 Å². The molecule has 0 aliphatic carbocycles. The first-order chi connectivity index (χ1) is 13.1. The van der Waals surface area contributed by atoms with Crippen molar-refractivity contribution in [1.82, 2.24) is 10.3 Å². The number of benzene rings is 1. The van der Waals surface area contributed by atoms with E-state index in [1.165, 1.54) is 0 Å². The van der Waals surface area contributed by atoms with Gasteiger partial charge in [0.25, 0.3) is 0 Å². The molecule has 160 valence electrons. The number of piperidine rings is 1. The summed E-state index contributed by atoms with van der Waals surface area (Å²) >= 11 is 6.30. The van der Waals surface area contributed by atoms with E-state index in [2.05, 4.69) is 22.5 Å². The Morgan fingerprint density at radius 3 is 2.69 bits per heavy atom. The van der Waals surface area contributed by atoms with Crippen molar-refractivity contribution < 1.29 is 9.53 Å². The first-order valence-corrected chi connectivity index (χ1v) is 9.82. The Kier molecular flexibility index (Phi) is 11.4. The molecule has 2 heterocycles. The number of aromatic nitrogens is 1. The van der Waals surface area contributed by atoms with Crippen molar-refractivity contribution in [3.8, 4) is 5.75 Å². The van der Waals surface area contributed by atoms with Gasteiger partial charge in [0, 0.05) is 18.3 Å². The number of nitrogens with one attached hydrogen (secondary N) is 2. The van der Waals surface area contributed by atoms with Gasteiger partial charge in [-0.1, -0.05) is 24.6 Å². The normalized spacial score (nSPS) is 14.8. The molecule has 1 aliphatic rings. The number of nitrogens with zero attached hydrogens (tertiary/aromatic N) is 1. The van der Waals surface area contributed by atoms with Gasteiger partial charge < -0.3 is 15.4 Å². The van der Waals surface area contributed by atoms with E-state index in [9.17, 15) is 4.79 Å². The number of amides is 1. The van der Waals surface area contributed by atoms with E-state index in [1.54, 1.807) is 18.3 Å². The minimum atomic E-state index is 0. The molecule has 1 aliphatic heterocycles. The average molecular weight is 461 g/mol. The lowest BCUT2D eigenvalue weighted by molar-refractivity contribution is -0.117. The van der Waals surface area contributed by atoms with Crippen molar-refractivity contribution in [3.05, 3.63) is 53.3 Å². The van der Waals surface area contributed by atoms with Crippen LogP contribution >= 0.6 is 36.4 Å². The van der Waals surface area contributed by atoms with E-state index in [0.717, 1.165) is 31.6 Å². The fraction of sp³-hybridized carbons (Fsp3) is 0.429. The van der Waals surface area contributed by atoms with Gasteiger partial charge in [-0.2, -0.15) is 0 Å². The lowest BCUT2D eigenvalue weighted by atomic mass is 9.84. The van der Waals surface area contributed by atoms with Gasteiger partial charge in [-0.25, -0.2) is 0 Å². The van der Waals surface area contributed by atoms with Crippen LogP contribution in [-0.2, 0) is 11.4 Å². The molecule has 1 fully saturated rings. The molecule has 29 heavy (non-hydrogen) atoms. The molecule has 1 amide bonds. The molecule has 0 spiro atoms. The van der Waals surface area contributed by atoms with E-state index in [-0.39, 0.29) is 30.7 Å². The maximum absolute atomic E-state index is 12.4. The summed E-state index contributed by atoms with van der Waals surface area (Å²) in [5.74, 6) is 1.59. The molecule has 2 N–H and O–H groups in total. The van der Waals surface area contributed by atoms with Gasteiger partial charge in [-0.05, 0) is 68.1 Å². The highest BCUT2D eigenvalue weighted by atomic mass is 35.5. The molecule has 0 radical (unpaired) electrons. The number of ether oxygens (including phenoxy) is 1. The second-order valence-electron chi connectivity index (χ2n) is 7.07. The van der Waals surface area contributed by atoms with E-state index in [0.29, 0.717) is 41.3 Å². The third-order valence-electron chi connectivity index (χ3n) is 5.01. The molecule has 8 heteroatoms. The summed E-state index contributed by atoms with van der Waals surface area (Å²) in [7, 11) is 0. The van der Waals surface area contributed by atoms with Crippen molar-refractivity contribution in [2.45, 2.75) is 32.8 Å². The molecule has 0 bridgehead atoms. The molecule has 1 saturated heterocycles. The summed E-state index contributed by atoms with van der Waals surface area (Å²) in [6.07, 6.45) is 4.54. The summed E-state index contributed by atoms with van der Waals surface area (Å²) in [6, 6.07) is 11.0. The number of halogens is 3. The van der Waals surface area contributed by atoms with Crippen molar-refractivity contribution in [2.75, 3.05) is 18.4 Å². The number of rotatable bonds is 7. The number of hydrogen-bond donors (Lipinski definition) is 2. The molecular formula is C21H28Cl3N3O2. The largest absolute Gasteiger partial charge is 0.486 e. The highest BCUT2D eigenvalue weighted by molar-refractivity contribution is 6.32. The lowest BCUT2D eigenvalue weighted by Crippen LogP contribution is -2.32. The topological polar surface area (TPSA) is 63.2 Å². The smallest absolute Gasteiger partial charge is 0.224 e. The molecule has 1 aromatic heterocycles. The Labute approximate surface area is 189 Å². The van der Waals surface area contributed by atoms with Crippen LogP contribution < -0.4 is 15.4 Å². The highest BCUT2D eigenvalue weighted by Gasteiger charge is 2.22. The first-order valence-electron chi connectivity index (χ1n) is 9.44. The van der Waals surface area contributed by atoms with Crippen molar-refractivity contribution in [2.24, 2.45) is 11.8 Å². The standard InChI is InChI=1S/C21H26ClN3O2.2ClH/c1-15(16-7-10-23-11-8-16)12-21(26)25-17-5-6-20(19(22)13-17)27-14-18-4-2-3-9-24-18;;/h2-6,9,13,15-16,23H,7-8,10-12,14H2,1H3,(H,25,26);2*1H. The zero-order valence-corrected chi connectivity index (χ0v) is 18.8. The number of pyridine rings is 1. The van der Waals surface area contributed by atoms with Crippen LogP contribution in [0.2, 0.25) is 5.02 Å². The maximum Gasteiger partial charge on any atom is 0.224 e. The summed E-state index contributed by atoms with van der Waals surface area (Å²) < 4.78 is 5.71. The summed E-state index contributed by atoms with van der Waals surface area (Å²) in [6.45, 7) is 4.61. The molecule has 1 unspecified atom stereocenters. The molecule has 2 aromatic rings. The molecule has 1 aromatic carbocycles. The average Bonchev–Trinajstić information content (AvgIpc) is 2.68. The van der Waals surface area contributed by atoms with Crippen LogP contribution in [0.5, 0.6) is 5.75 Å². The number of anilines is 1. The van der Waals surface area contributed by atoms with Crippen molar-refractivity contribution in [1.29, 1.82) is 0 Å². The van der Waals surface area contributed by atoms with E-state index < -0.39 is 0 Å². The molecule has 0 saturated carbocycles. The van der Waals surface area contributed by atoms with Gasteiger partial charge in [0.1, 0.15) is 12.4 Å². The molecule has 3 rings (SSSR count). The van der Waals surface area contributed by atoms with Gasteiger partial charge >= 0.3 is 0 Å². The molecule has 5 nitrogen and oxygen atoms in total. The van der Waals surface area contributed by atoms with Crippen LogP contribution in [0.3, 0.4) is 0 Å². The number of hydrogen-bond acceptors (Lipinski definition) is 4. The van der Waals surface area contributed by atoms with Crippen LogP contribution in [0, 0.1) is 11.8 Å². The minimum absolute atomic E-state index is 0.